The summed E-state index contributed by atoms with van der Waals surface area (Å²) in [5, 5.41) is 2.59. The highest BCUT2D eigenvalue weighted by Crippen LogP contribution is 2.34. The van der Waals surface area contributed by atoms with Crippen LogP contribution in [0, 0.1) is 12.7 Å². The van der Waals surface area contributed by atoms with Gasteiger partial charge in [-0.1, -0.05) is 6.07 Å². The first-order chi connectivity index (χ1) is 8.38. The summed E-state index contributed by atoms with van der Waals surface area (Å²) in [4.78, 5) is 0. The molecule has 0 bridgehead atoms. The van der Waals surface area contributed by atoms with E-state index >= 15 is 0 Å². The highest BCUT2D eigenvalue weighted by atomic mass is 19.4. The minimum atomic E-state index is -4.24. The summed E-state index contributed by atoms with van der Waals surface area (Å²) in [7, 11) is 0. The van der Waals surface area contributed by atoms with Crippen molar-refractivity contribution >= 4 is 0 Å². The average Bonchev–Trinajstić information content (AvgIpc) is 2.31. The summed E-state index contributed by atoms with van der Waals surface area (Å²) in [6.07, 6.45) is -3.04. The zero-order valence-corrected chi connectivity index (χ0v) is 10.0. The standard InChI is InChI=1S/C13H15F4N/c1-8-5-6-9(14)7-10(8)11-3-2-4-12(18-11)13(15,16)17/h5-7,11-12,18H,2-4H2,1H3. The van der Waals surface area contributed by atoms with Crippen LogP contribution in [0.4, 0.5) is 17.6 Å². The summed E-state index contributed by atoms with van der Waals surface area (Å²) in [6.45, 7) is 1.79. The lowest BCUT2D eigenvalue weighted by atomic mass is 9.91. The van der Waals surface area contributed by atoms with Crippen LogP contribution in [0.1, 0.15) is 36.4 Å². The van der Waals surface area contributed by atoms with Gasteiger partial charge in [-0.3, -0.25) is 5.32 Å². The minimum Gasteiger partial charge on any atom is -0.299 e. The molecular formula is C13H15F4N. The number of nitrogens with one attached hydrogen (secondary N) is 1. The van der Waals surface area contributed by atoms with E-state index in [0.717, 1.165) is 5.56 Å². The van der Waals surface area contributed by atoms with Crippen LogP contribution in [0.25, 0.3) is 0 Å². The molecule has 1 aromatic carbocycles. The second-order valence-electron chi connectivity index (χ2n) is 4.75. The molecule has 5 heteroatoms. The number of alkyl halides is 3. The van der Waals surface area contributed by atoms with Crippen molar-refractivity contribution in [2.75, 3.05) is 0 Å². The quantitative estimate of drug-likeness (QED) is 0.756. The van der Waals surface area contributed by atoms with Crippen molar-refractivity contribution < 1.29 is 17.6 Å². The number of rotatable bonds is 1. The lowest BCUT2D eigenvalue weighted by molar-refractivity contribution is -0.163. The normalized spacial score (nSPS) is 25.2. The van der Waals surface area contributed by atoms with E-state index in [9.17, 15) is 17.6 Å². The van der Waals surface area contributed by atoms with Crippen molar-refractivity contribution in [1.29, 1.82) is 0 Å². The Balaban J connectivity index is 2.21. The molecule has 18 heavy (non-hydrogen) atoms. The molecule has 0 saturated carbocycles. The van der Waals surface area contributed by atoms with Crippen LogP contribution in [0.15, 0.2) is 18.2 Å². The van der Waals surface area contributed by atoms with Crippen LogP contribution in [0.2, 0.25) is 0 Å². The maximum Gasteiger partial charge on any atom is 0.403 e. The summed E-state index contributed by atoms with van der Waals surface area (Å²) >= 11 is 0. The third-order valence-electron chi connectivity index (χ3n) is 3.40. The predicted octanol–water partition coefficient (Wildman–Crippen LogP) is 3.88. The zero-order chi connectivity index (χ0) is 13.3. The van der Waals surface area contributed by atoms with E-state index in [0.29, 0.717) is 18.4 Å². The van der Waals surface area contributed by atoms with Crippen LogP contribution in [0.5, 0.6) is 0 Å². The molecule has 1 fully saturated rings. The van der Waals surface area contributed by atoms with Gasteiger partial charge < -0.3 is 0 Å². The highest BCUT2D eigenvalue weighted by molar-refractivity contribution is 5.30. The molecule has 1 aromatic rings. The topological polar surface area (TPSA) is 12.0 Å². The minimum absolute atomic E-state index is 0.0916. The molecule has 1 saturated heterocycles. The fourth-order valence-corrected chi connectivity index (χ4v) is 2.43. The molecule has 1 heterocycles. The van der Waals surface area contributed by atoms with Gasteiger partial charge in [-0.15, -0.1) is 0 Å². The summed E-state index contributed by atoms with van der Waals surface area (Å²) in [5.41, 5.74) is 1.45. The molecular weight excluding hydrogens is 246 g/mol. The third-order valence-corrected chi connectivity index (χ3v) is 3.40. The van der Waals surface area contributed by atoms with Crippen LogP contribution in [0.3, 0.4) is 0 Å². The first-order valence-corrected chi connectivity index (χ1v) is 5.97. The Hall–Kier alpha value is -1.10. The van der Waals surface area contributed by atoms with Gasteiger partial charge in [0.25, 0.3) is 0 Å². The van der Waals surface area contributed by atoms with Gasteiger partial charge in [-0.05, 0) is 49.4 Å². The molecule has 1 aliphatic rings. The Morgan fingerprint density at radius 3 is 2.61 bits per heavy atom. The number of hydrogen-bond donors (Lipinski definition) is 1. The molecule has 1 nitrogen and oxygen atoms in total. The van der Waals surface area contributed by atoms with E-state index in [1.54, 1.807) is 13.0 Å². The molecule has 2 unspecified atom stereocenters. The van der Waals surface area contributed by atoms with Crippen molar-refractivity contribution in [2.45, 2.75) is 44.4 Å². The Morgan fingerprint density at radius 1 is 1.22 bits per heavy atom. The monoisotopic (exact) mass is 261 g/mol. The van der Waals surface area contributed by atoms with Crippen molar-refractivity contribution in [3.63, 3.8) is 0 Å². The maximum atomic E-state index is 13.2. The molecule has 0 amide bonds. The van der Waals surface area contributed by atoms with Gasteiger partial charge in [-0.25, -0.2) is 4.39 Å². The van der Waals surface area contributed by atoms with Crippen LogP contribution in [-0.4, -0.2) is 12.2 Å². The highest BCUT2D eigenvalue weighted by Gasteiger charge is 2.42. The van der Waals surface area contributed by atoms with Gasteiger partial charge in [0.1, 0.15) is 11.9 Å². The smallest absolute Gasteiger partial charge is 0.299 e. The van der Waals surface area contributed by atoms with Crippen molar-refractivity contribution in [3.05, 3.63) is 35.1 Å². The fourth-order valence-electron chi connectivity index (χ4n) is 2.43. The van der Waals surface area contributed by atoms with Gasteiger partial charge in [0.15, 0.2) is 0 Å². The molecule has 0 spiro atoms. The summed E-state index contributed by atoms with van der Waals surface area (Å²) < 4.78 is 51.2. The van der Waals surface area contributed by atoms with Gasteiger partial charge >= 0.3 is 6.18 Å². The van der Waals surface area contributed by atoms with Gasteiger partial charge in [0.05, 0.1) is 0 Å². The molecule has 2 atom stereocenters. The van der Waals surface area contributed by atoms with E-state index in [2.05, 4.69) is 5.32 Å². The van der Waals surface area contributed by atoms with Crippen LogP contribution in [-0.2, 0) is 0 Å². The van der Waals surface area contributed by atoms with Gasteiger partial charge in [0, 0.05) is 6.04 Å². The first kappa shape index (κ1) is 13.3. The Bertz CT molecular complexity index is 427. The van der Waals surface area contributed by atoms with E-state index in [4.69, 9.17) is 0 Å². The lowest BCUT2D eigenvalue weighted by Gasteiger charge is -2.33. The SMILES string of the molecule is Cc1ccc(F)cc1C1CCCC(C(F)(F)F)N1. The van der Waals surface area contributed by atoms with E-state index < -0.39 is 24.1 Å². The van der Waals surface area contributed by atoms with Crippen molar-refractivity contribution in [3.8, 4) is 0 Å². The average molecular weight is 261 g/mol. The molecule has 0 aromatic heterocycles. The Morgan fingerprint density at radius 2 is 1.94 bits per heavy atom. The zero-order valence-electron chi connectivity index (χ0n) is 10.0. The Labute approximate surface area is 103 Å². The fraction of sp³-hybridized carbons (Fsp3) is 0.538. The maximum absolute atomic E-state index is 13.2. The second-order valence-corrected chi connectivity index (χ2v) is 4.75. The van der Waals surface area contributed by atoms with E-state index in [-0.39, 0.29) is 6.42 Å². The molecule has 2 rings (SSSR count). The first-order valence-electron chi connectivity index (χ1n) is 5.97. The molecule has 1 aliphatic heterocycles. The second kappa shape index (κ2) is 4.88. The van der Waals surface area contributed by atoms with E-state index in [1.807, 2.05) is 0 Å². The molecule has 0 aliphatic carbocycles. The van der Waals surface area contributed by atoms with Crippen molar-refractivity contribution in [2.24, 2.45) is 0 Å². The van der Waals surface area contributed by atoms with Crippen LogP contribution >= 0.6 is 0 Å². The van der Waals surface area contributed by atoms with Gasteiger partial charge in [-0.2, -0.15) is 13.2 Å². The van der Waals surface area contributed by atoms with Crippen LogP contribution < -0.4 is 5.32 Å². The molecule has 1 N–H and O–H groups in total. The predicted molar refractivity (Wildman–Crippen MR) is 60.7 cm³/mol. The number of hydrogen-bond acceptors (Lipinski definition) is 1. The summed E-state index contributed by atoms with van der Waals surface area (Å²) in [6, 6.07) is 2.35. The molecule has 0 radical (unpaired) electrons. The van der Waals surface area contributed by atoms with Gasteiger partial charge in [0.2, 0.25) is 0 Å². The lowest BCUT2D eigenvalue weighted by Crippen LogP contribution is -2.46. The third kappa shape index (κ3) is 2.83. The number of piperidine rings is 1. The Kier molecular flexibility index (Phi) is 3.61. The summed E-state index contributed by atoms with van der Waals surface area (Å²) in [5.74, 6) is -0.411. The number of aryl methyl sites for hydroxylation is 1. The largest absolute Gasteiger partial charge is 0.403 e. The van der Waals surface area contributed by atoms with E-state index in [1.165, 1.54) is 12.1 Å². The molecule has 100 valence electrons. The van der Waals surface area contributed by atoms with Crippen molar-refractivity contribution in [1.82, 2.24) is 5.32 Å². The number of halogens is 4. The number of benzene rings is 1.